The molecule has 6 nitrogen and oxygen atoms in total. The maximum absolute atomic E-state index is 12.2. The molecule has 2 rings (SSSR count). The zero-order valence-electron chi connectivity index (χ0n) is 12.1. The second-order valence-corrected chi connectivity index (χ2v) is 4.39. The number of nitrogens with two attached hydrogens (primary N) is 1. The van der Waals surface area contributed by atoms with Crippen molar-refractivity contribution in [2.75, 3.05) is 11.9 Å². The largest absolute Gasteiger partial charge is 0.320 e. The molecule has 108 valence electrons. The average Bonchev–Trinajstić information content (AvgIpc) is 2.87. The van der Waals surface area contributed by atoms with Crippen LogP contribution >= 0.6 is 0 Å². The maximum atomic E-state index is 12.2. The van der Waals surface area contributed by atoms with Gasteiger partial charge in [0.1, 0.15) is 11.5 Å². The molecule has 0 aliphatic rings. The quantitative estimate of drug-likeness (QED) is 0.821. The third-order valence-corrected chi connectivity index (χ3v) is 2.86. The minimum absolute atomic E-state index is 0.249. The van der Waals surface area contributed by atoms with Crippen molar-refractivity contribution in [3.8, 4) is 11.8 Å². The van der Waals surface area contributed by atoms with Crippen molar-refractivity contribution in [3.05, 3.63) is 41.3 Å². The van der Waals surface area contributed by atoms with E-state index in [4.69, 9.17) is 5.73 Å². The molecular formula is C15H17N5O. The Morgan fingerprint density at radius 3 is 2.95 bits per heavy atom. The van der Waals surface area contributed by atoms with Gasteiger partial charge < -0.3 is 11.1 Å². The Morgan fingerprint density at radius 1 is 1.48 bits per heavy atom. The number of nitrogens with zero attached hydrogens (tertiary/aromatic N) is 3. The first kappa shape index (κ1) is 14.8. The van der Waals surface area contributed by atoms with Crippen LogP contribution in [-0.4, -0.2) is 27.2 Å². The number of pyridine rings is 1. The van der Waals surface area contributed by atoms with Crippen LogP contribution in [0.4, 0.5) is 5.82 Å². The second-order valence-electron chi connectivity index (χ2n) is 4.39. The molecule has 0 aliphatic heterocycles. The summed E-state index contributed by atoms with van der Waals surface area (Å²) in [4.78, 5) is 16.3. The van der Waals surface area contributed by atoms with Crippen LogP contribution in [0.1, 0.15) is 28.7 Å². The Hall–Kier alpha value is -2.65. The summed E-state index contributed by atoms with van der Waals surface area (Å²) in [5.74, 6) is 5.86. The van der Waals surface area contributed by atoms with E-state index in [0.717, 1.165) is 17.7 Å². The maximum Gasteiger partial charge on any atom is 0.275 e. The summed E-state index contributed by atoms with van der Waals surface area (Å²) in [7, 11) is 1.74. The number of hydrogen-bond donors (Lipinski definition) is 2. The smallest absolute Gasteiger partial charge is 0.275 e. The van der Waals surface area contributed by atoms with E-state index >= 15 is 0 Å². The van der Waals surface area contributed by atoms with Crippen molar-refractivity contribution in [1.82, 2.24) is 14.8 Å². The Kier molecular flexibility index (Phi) is 4.69. The third kappa shape index (κ3) is 3.68. The number of carbonyl (C=O) groups excluding carboxylic acids is 1. The van der Waals surface area contributed by atoms with Crippen molar-refractivity contribution in [2.45, 2.75) is 13.3 Å². The van der Waals surface area contributed by atoms with Gasteiger partial charge in [0.05, 0.1) is 12.2 Å². The molecule has 0 aromatic carbocycles. The fourth-order valence-electron chi connectivity index (χ4n) is 1.82. The molecule has 0 spiro atoms. The molecule has 0 saturated carbocycles. The van der Waals surface area contributed by atoms with Crippen LogP contribution in [0.25, 0.3) is 0 Å². The van der Waals surface area contributed by atoms with E-state index in [9.17, 15) is 4.79 Å². The van der Waals surface area contributed by atoms with E-state index in [0.29, 0.717) is 18.1 Å². The predicted molar refractivity (Wildman–Crippen MR) is 80.7 cm³/mol. The summed E-state index contributed by atoms with van der Waals surface area (Å²) in [5, 5.41) is 6.99. The van der Waals surface area contributed by atoms with Gasteiger partial charge in [0.2, 0.25) is 0 Å². The molecule has 0 aliphatic carbocycles. The number of hydrogen-bond acceptors (Lipinski definition) is 4. The molecule has 0 radical (unpaired) electrons. The highest BCUT2D eigenvalue weighted by Gasteiger charge is 2.13. The van der Waals surface area contributed by atoms with E-state index < -0.39 is 0 Å². The lowest BCUT2D eigenvalue weighted by Gasteiger charge is -2.04. The molecule has 0 fully saturated rings. The van der Waals surface area contributed by atoms with Gasteiger partial charge in [-0.3, -0.25) is 9.48 Å². The van der Waals surface area contributed by atoms with Gasteiger partial charge in [-0.2, -0.15) is 5.10 Å². The number of carbonyl (C=O) groups is 1. The zero-order valence-corrected chi connectivity index (χ0v) is 12.1. The van der Waals surface area contributed by atoms with Gasteiger partial charge in [-0.25, -0.2) is 4.98 Å². The first-order chi connectivity index (χ1) is 10.1. The average molecular weight is 283 g/mol. The van der Waals surface area contributed by atoms with Crippen LogP contribution < -0.4 is 11.1 Å². The minimum atomic E-state index is -0.249. The fraction of sp³-hybridized carbons (Fsp3) is 0.267. The Morgan fingerprint density at radius 2 is 2.29 bits per heavy atom. The molecule has 1 amide bonds. The summed E-state index contributed by atoms with van der Waals surface area (Å²) in [6.45, 7) is 2.28. The number of amides is 1. The lowest BCUT2D eigenvalue weighted by atomic mass is 10.2. The van der Waals surface area contributed by atoms with E-state index in [-0.39, 0.29) is 5.91 Å². The van der Waals surface area contributed by atoms with Gasteiger partial charge in [0, 0.05) is 18.8 Å². The van der Waals surface area contributed by atoms with Crippen LogP contribution in [0, 0.1) is 11.8 Å². The van der Waals surface area contributed by atoms with Gasteiger partial charge in [0.25, 0.3) is 5.91 Å². The molecule has 0 saturated heterocycles. The molecular weight excluding hydrogens is 266 g/mol. The highest BCUT2D eigenvalue weighted by Crippen LogP contribution is 2.09. The van der Waals surface area contributed by atoms with E-state index in [1.165, 1.54) is 0 Å². The van der Waals surface area contributed by atoms with E-state index in [2.05, 4.69) is 27.2 Å². The predicted octanol–water partition coefficient (Wildman–Crippen LogP) is 0.940. The van der Waals surface area contributed by atoms with Crippen LogP contribution in [0.15, 0.2) is 24.4 Å². The normalized spacial score (nSPS) is 9.86. The second kappa shape index (κ2) is 6.68. The molecule has 0 unspecified atom stereocenters. The monoisotopic (exact) mass is 283 g/mol. The molecule has 21 heavy (non-hydrogen) atoms. The van der Waals surface area contributed by atoms with Gasteiger partial charge in [-0.1, -0.05) is 18.8 Å². The van der Waals surface area contributed by atoms with Crippen LogP contribution in [0.5, 0.6) is 0 Å². The SMILES string of the molecule is CCc1cc(C(=O)Nc2cc(C#CCN)ccn2)n(C)n1. The molecule has 0 atom stereocenters. The molecule has 0 bridgehead atoms. The Balaban J connectivity index is 2.17. The van der Waals surface area contributed by atoms with Crippen molar-refractivity contribution >= 4 is 11.7 Å². The lowest BCUT2D eigenvalue weighted by molar-refractivity contribution is 0.101. The van der Waals surface area contributed by atoms with E-state index in [1.54, 1.807) is 36.1 Å². The summed E-state index contributed by atoms with van der Waals surface area (Å²) < 4.78 is 1.56. The van der Waals surface area contributed by atoms with Crippen LogP contribution in [0.2, 0.25) is 0 Å². The summed E-state index contributed by atoms with van der Waals surface area (Å²) in [6, 6.07) is 5.24. The van der Waals surface area contributed by atoms with Crippen LogP contribution in [-0.2, 0) is 13.5 Å². The molecule has 2 aromatic rings. The summed E-state index contributed by atoms with van der Waals surface area (Å²) in [6.07, 6.45) is 2.38. The Bertz CT molecular complexity index is 708. The topological polar surface area (TPSA) is 85.8 Å². The molecule has 2 heterocycles. The highest BCUT2D eigenvalue weighted by molar-refractivity contribution is 6.02. The number of aryl methyl sites for hydroxylation is 2. The van der Waals surface area contributed by atoms with Gasteiger partial charge in [-0.05, 0) is 24.6 Å². The zero-order chi connectivity index (χ0) is 15.2. The van der Waals surface area contributed by atoms with Crippen molar-refractivity contribution in [3.63, 3.8) is 0 Å². The number of rotatable bonds is 3. The standard InChI is InChI=1S/C15H17N5O/c1-3-12-10-13(20(2)19-12)15(21)18-14-9-11(5-4-7-16)6-8-17-14/h6,8-10H,3,7,16H2,1-2H3,(H,17,18,21). The fourth-order valence-corrected chi connectivity index (χ4v) is 1.82. The molecule has 6 heteroatoms. The van der Waals surface area contributed by atoms with Crippen molar-refractivity contribution < 1.29 is 4.79 Å². The lowest BCUT2D eigenvalue weighted by Crippen LogP contribution is -2.16. The highest BCUT2D eigenvalue weighted by atomic mass is 16.2. The summed E-state index contributed by atoms with van der Waals surface area (Å²) in [5.41, 5.74) is 7.46. The first-order valence-electron chi connectivity index (χ1n) is 6.63. The molecule has 2 aromatic heterocycles. The van der Waals surface area contributed by atoms with E-state index in [1.807, 2.05) is 6.92 Å². The first-order valence-corrected chi connectivity index (χ1v) is 6.63. The molecule has 3 N–H and O–H groups in total. The number of anilines is 1. The minimum Gasteiger partial charge on any atom is -0.320 e. The van der Waals surface area contributed by atoms with Gasteiger partial charge >= 0.3 is 0 Å². The van der Waals surface area contributed by atoms with Gasteiger partial charge in [0.15, 0.2) is 0 Å². The van der Waals surface area contributed by atoms with Gasteiger partial charge in [-0.15, -0.1) is 0 Å². The number of nitrogens with one attached hydrogen (secondary N) is 1. The number of aromatic nitrogens is 3. The van der Waals surface area contributed by atoms with Crippen LogP contribution in [0.3, 0.4) is 0 Å². The summed E-state index contributed by atoms with van der Waals surface area (Å²) >= 11 is 0. The van der Waals surface area contributed by atoms with Crippen molar-refractivity contribution in [1.29, 1.82) is 0 Å². The third-order valence-electron chi connectivity index (χ3n) is 2.86. The Labute approximate surface area is 123 Å². The van der Waals surface area contributed by atoms with Crippen molar-refractivity contribution in [2.24, 2.45) is 12.8 Å².